The molecule has 0 aliphatic carbocycles. The van der Waals surface area contributed by atoms with Gasteiger partial charge in [0.2, 0.25) is 5.91 Å². The molecule has 1 fully saturated rings. The molecule has 7 nitrogen and oxygen atoms in total. The second-order valence-corrected chi connectivity index (χ2v) is 7.53. The lowest BCUT2D eigenvalue weighted by molar-refractivity contribution is -0.118. The van der Waals surface area contributed by atoms with Crippen LogP contribution in [0.3, 0.4) is 0 Å². The molecule has 152 valence electrons. The molecule has 1 N–H and O–H groups in total. The number of aromatic nitrogens is 2. The number of rotatable bonds is 8. The average Bonchev–Trinajstić information content (AvgIpc) is 3.31. The first-order valence-electron chi connectivity index (χ1n) is 10.3. The van der Waals surface area contributed by atoms with Crippen molar-refractivity contribution in [2.75, 3.05) is 38.1 Å². The van der Waals surface area contributed by atoms with E-state index in [0.717, 1.165) is 49.6 Å². The fraction of sp³-hybridized carbons (Fsp3) is 0.571. The third-order valence-corrected chi connectivity index (χ3v) is 5.37. The van der Waals surface area contributed by atoms with Crippen molar-refractivity contribution in [1.82, 2.24) is 19.6 Å². The number of likely N-dealkylation sites (tertiary alicyclic amines) is 1. The SMILES string of the molecule is CCCCC(=O)N(C)c1c(C)nc2ccc(C(=O)NCCN3CCCC3)cn12. The average molecular weight is 386 g/mol. The van der Waals surface area contributed by atoms with Gasteiger partial charge in [0.1, 0.15) is 11.5 Å². The summed E-state index contributed by atoms with van der Waals surface area (Å²) in [6, 6.07) is 3.62. The molecule has 0 atom stereocenters. The fourth-order valence-corrected chi connectivity index (χ4v) is 3.74. The predicted octanol–water partition coefficient (Wildman–Crippen LogP) is 2.62. The predicted molar refractivity (Wildman–Crippen MR) is 111 cm³/mol. The number of hydrogen-bond donors (Lipinski definition) is 1. The van der Waals surface area contributed by atoms with Crippen molar-refractivity contribution < 1.29 is 9.59 Å². The first-order chi connectivity index (χ1) is 13.5. The number of nitrogens with zero attached hydrogens (tertiary/aromatic N) is 4. The minimum atomic E-state index is -0.0987. The van der Waals surface area contributed by atoms with E-state index in [9.17, 15) is 9.59 Å². The van der Waals surface area contributed by atoms with E-state index in [1.165, 1.54) is 12.8 Å². The molecule has 3 rings (SSSR count). The molecule has 0 spiro atoms. The maximum Gasteiger partial charge on any atom is 0.252 e. The number of pyridine rings is 1. The molecule has 0 unspecified atom stereocenters. The molecule has 2 aromatic rings. The number of hydrogen-bond acceptors (Lipinski definition) is 4. The third-order valence-electron chi connectivity index (χ3n) is 5.37. The van der Waals surface area contributed by atoms with Crippen molar-refractivity contribution in [3.05, 3.63) is 29.6 Å². The van der Waals surface area contributed by atoms with Crippen LogP contribution in [0.1, 0.15) is 55.1 Å². The monoisotopic (exact) mass is 385 g/mol. The van der Waals surface area contributed by atoms with Gasteiger partial charge < -0.3 is 10.2 Å². The minimum Gasteiger partial charge on any atom is -0.351 e. The lowest BCUT2D eigenvalue weighted by atomic mass is 10.2. The van der Waals surface area contributed by atoms with Crippen LogP contribution in [0.15, 0.2) is 18.3 Å². The first kappa shape index (κ1) is 20.3. The van der Waals surface area contributed by atoms with Gasteiger partial charge in [0.25, 0.3) is 5.91 Å². The summed E-state index contributed by atoms with van der Waals surface area (Å²) in [5.74, 6) is 0.688. The topological polar surface area (TPSA) is 70.0 Å². The molecule has 0 radical (unpaired) electrons. The molecule has 3 heterocycles. The summed E-state index contributed by atoms with van der Waals surface area (Å²) in [4.78, 5) is 33.6. The van der Waals surface area contributed by atoms with Gasteiger partial charge in [-0.2, -0.15) is 0 Å². The highest BCUT2D eigenvalue weighted by Gasteiger charge is 2.19. The van der Waals surface area contributed by atoms with Crippen LogP contribution >= 0.6 is 0 Å². The Labute approximate surface area is 166 Å². The van der Waals surface area contributed by atoms with Gasteiger partial charge in [-0.25, -0.2) is 4.98 Å². The molecule has 2 amide bonds. The number of aryl methyl sites for hydroxylation is 1. The van der Waals surface area contributed by atoms with Crippen LogP contribution in [0.5, 0.6) is 0 Å². The Bertz CT molecular complexity index is 839. The van der Waals surface area contributed by atoms with E-state index in [4.69, 9.17) is 0 Å². The lowest BCUT2D eigenvalue weighted by Crippen LogP contribution is -2.33. The van der Waals surface area contributed by atoms with Gasteiger partial charge in [-0.15, -0.1) is 0 Å². The zero-order valence-corrected chi connectivity index (χ0v) is 17.2. The zero-order chi connectivity index (χ0) is 20.1. The van der Waals surface area contributed by atoms with Crippen molar-refractivity contribution in [2.45, 2.75) is 46.0 Å². The van der Waals surface area contributed by atoms with Crippen LogP contribution in [0, 0.1) is 6.92 Å². The summed E-state index contributed by atoms with van der Waals surface area (Å²) in [5.41, 5.74) is 2.08. The molecule has 1 aliphatic rings. The number of fused-ring (bicyclic) bond motifs is 1. The maximum atomic E-state index is 12.6. The van der Waals surface area contributed by atoms with Crippen molar-refractivity contribution >= 4 is 23.3 Å². The molecular formula is C21H31N5O2. The highest BCUT2D eigenvalue weighted by Crippen LogP contribution is 2.23. The van der Waals surface area contributed by atoms with Gasteiger partial charge in [-0.05, 0) is 51.4 Å². The summed E-state index contributed by atoms with van der Waals surface area (Å²) in [5, 5.41) is 3.00. The molecule has 0 bridgehead atoms. The Kier molecular flexibility index (Phi) is 6.67. The summed E-state index contributed by atoms with van der Waals surface area (Å²) >= 11 is 0. The first-order valence-corrected chi connectivity index (χ1v) is 10.3. The smallest absolute Gasteiger partial charge is 0.252 e. The van der Waals surface area contributed by atoms with E-state index in [1.807, 2.05) is 17.4 Å². The maximum absolute atomic E-state index is 12.6. The van der Waals surface area contributed by atoms with Crippen molar-refractivity contribution in [1.29, 1.82) is 0 Å². The van der Waals surface area contributed by atoms with Crippen LogP contribution in [0.4, 0.5) is 5.82 Å². The van der Waals surface area contributed by atoms with E-state index in [-0.39, 0.29) is 11.8 Å². The molecule has 7 heteroatoms. The quantitative estimate of drug-likeness (QED) is 0.758. The van der Waals surface area contributed by atoms with Crippen LogP contribution in [0.2, 0.25) is 0 Å². The van der Waals surface area contributed by atoms with Crippen LogP contribution in [-0.2, 0) is 4.79 Å². The highest BCUT2D eigenvalue weighted by atomic mass is 16.2. The molecular weight excluding hydrogens is 354 g/mol. The Hall–Kier alpha value is -2.41. The second-order valence-electron chi connectivity index (χ2n) is 7.53. The van der Waals surface area contributed by atoms with Crippen molar-refractivity contribution in [3.63, 3.8) is 0 Å². The Balaban J connectivity index is 1.74. The number of anilines is 1. The van der Waals surface area contributed by atoms with Gasteiger partial charge in [-0.3, -0.25) is 18.9 Å². The van der Waals surface area contributed by atoms with E-state index in [1.54, 1.807) is 24.2 Å². The highest BCUT2D eigenvalue weighted by molar-refractivity contribution is 5.95. The number of nitrogens with one attached hydrogen (secondary N) is 1. The van der Waals surface area contributed by atoms with Gasteiger partial charge in [-0.1, -0.05) is 13.3 Å². The Morgan fingerprint density at radius 2 is 2.00 bits per heavy atom. The van der Waals surface area contributed by atoms with Crippen molar-refractivity contribution in [2.24, 2.45) is 0 Å². The standard InChI is InChI=1S/C21H31N5O2/c1-4-5-8-19(27)24(3)21-16(2)23-18-10-9-17(15-26(18)21)20(28)22-11-14-25-12-6-7-13-25/h9-10,15H,4-8,11-14H2,1-3H3,(H,22,28). The number of carbonyl (C=O) groups excluding carboxylic acids is 2. The normalized spacial score (nSPS) is 14.5. The Morgan fingerprint density at radius 1 is 1.25 bits per heavy atom. The van der Waals surface area contributed by atoms with Gasteiger partial charge in [0.15, 0.2) is 0 Å². The minimum absolute atomic E-state index is 0.0622. The third kappa shape index (κ3) is 4.52. The molecule has 0 aromatic carbocycles. The summed E-state index contributed by atoms with van der Waals surface area (Å²) in [6.07, 6.45) is 6.63. The summed E-state index contributed by atoms with van der Waals surface area (Å²) in [6.45, 7) is 7.74. The molecule has 0 saturated carbocycles. The summed E-state index contributed by atoms with van der Waals surface area (Å²) in [7, 11) is 1.78. The van der Waals surface area contributed by atoms with E-state index >= 15 is 0 Å². The van der Waals surface area contributed by atoms with Gasteiger partial charge >= 0.3 is 0 Å². The molecule has 28 heavy (non-hydrogen) atoms. The van der Waals surface area contributed by atoms with Crippen LogP contribution < -0.4 is 10.2 Å². The molecule has 1 aliphatic heterocycles. The number of amides is 2. The van der Waals surface area contributed by atoms with E-state index < -0.39 is 0 Å². The number of carbonyl (C=O) groups is 2. The van der Waals surface area contributed by atoms with E-state index in [2.05, 4.69) is 22.1 Å². The summed E-state index contributed by atoms with van der Waals surface area (Å²) < 4.78 is 1.84. The molecule has 2 aromatic heterocycles. The largest absolute Gasteiger partial charge is 0.351 e. The fourth-order valence-electron chi connectivity index (χ4n) is 3.74. The zero-order valence-electron chi connectivity index (χ0n) is 17.2. The second kappa shape index (κ2) is 9.19. The van der Waals surface area contributed by atoms with Crippen molar-refractivity contribution in [3.8, 4) is 0 Å². The number of unbranched alkanes of at least 4 members (excludes halogenated alkanes) is 1. The van der Waals surface area contributed by atoms with E-state index in [0.29, 0.717) is 18.5 Å². The lowest BCUT2D eigenvalue weighted by Gasteiger charge is -2.18. The number of imidazole rings is 1. The Morgan fingerprint density at radius 3 is 2.71 bits per heavy atom. The van der Waals surface area contributed by atoms with Gasteiger partial charge in [0.05, 0.1) is 11.3 Å². The molecule has 1 saturated heterocycles. The van der Waals surface area contributed by atoms with Crippen LogP contribution in [-0.4, -0.2) is 59.3 Å². The van der Waals surface area contributed by atoms with Crippen LogP contribution in [0.25, 0.3) is 5.65 Å². The van der Waals surface area contributed by atoms with Gasteiger partial charge in [0, 0.05) is 32.8 Å².